The van der Waals surface area contributed by atoms with E-state index in [1.807, 2.05) is 13.8 Å². The summed E-state index contributed by atoms with van der Waals surface area (Å²) < 4.78 is 5.04. The van der Waals surface area contributed by atoms with Crippen LogP contribution in [0.25, 0.3) is 0 Å². The SMILES string of the molecule is CCCC(C)C(C)(C)OOc1ccc(OCC(=O)O)cc1. The van der Waals surface area contributed by atoms with Gasteiger partial charge >= 0.3 is 5.97 Å². The predicted molar refractivity (Wildman–Crippen MR) is 79.4 cm³/mol. The van der Waals surface area contributed by atoms with Crippen LogP contribution in [0, 0.1) is 5.92 Å². The summed E-state index contributed by atoms with van der Waals surface area (Å²) in [6.45, 7) is 7.91. The number of ether oxygens (including phenoxy) is 1. The number of carboxylic acids is 1. The number of aliphatic carboxylic acids is 1. The molecule has 0 spiro atoms. The van der Waals surface area contributed by atoms with Gasteiger partial charge in [0.1, 0.15) is 11.4 Å². The van der Waals surface area contributed by atoms with E-state index in [1.165, 1.54) is 0 Å². The number of hydrogen-bond acceptors (Lipinski definition) is 4. The first-order valence-corrected chi connectivity index (χ1v) is 7.15. The van der Waals surface area contributed by atoms with E-state index >= 15 is 0 Å². The molecule has 0 aliphatic heterocycles. The Morgan fingerprint density at radius 3 is 2.33 bits per heavy atom. The molecule has 0 aliphatic rings. The van der Waals surface area contributed by atoms with Gasteiger partial charge in [0.25, 0.3) is 0 Å². The summed E-state index contributed by atoms with van der Waals surface area (Å²) in [6.07, 6.45) is 2.17. The molecule has 0 amide bonds. The van der Waals surface area contributed by atoms with Gasteiger partial charge in [0, 0.05) is 0 Å². The Morgan fingerprint density at radius 2 is 1.81 bits per heavy atom. The third kappa shape index (κ3) is 6.04. The van der Waals surface area contributed by atoms with Crippen LogP contribution in [-0.2, 0) is 9.68 Å². The maximum absolute atomic E-state index is 10.4. The highest BCUT2D eigenvalue weighted by Crippen LogP contribution is 2.27. The fourth-order valence-electron chi connectivity index (χ4n) is 1.75. The average molecular weight is 296 g/mol. The highest BCUT2D eigenvalue weighted by Gasteiger charge is 2.28. The molecule has 0 saturated carbocycles. The fourth-order valence-corrected chi connectivity index (χ4v) is 1.75. The molecule has 1 rings (SSSR count). The molecule has 1 aromatic rings. The largest absolute Gasteiger partial charge is 0.482 e. The van der Waals surface area contributed by atoms with Crippen LogP contribution in [0.4, 0.5) is 0 Å². The Balaban J connectivity index is 2.50. The number of carbonyl (C=O) groups is 1. The van der Waals surface area contributed by atoms with Crippen molar-refractivity contribution >= 4 is 5.97 Å². The van der Waals surface area contributed by atoms with E-state index in [4.69, 9.17) is 19.6 Å². The van der Waals surface area contributed by atoms with Crippen LogP contribution in [-0.4, -0.2) is 23.3 Å². The minimum Gasteiger partial charge on any atom is -0.482 e. The fraction of sp³-hybridized carbons (Fsp3) is 0.562. The Morgan fingerprint density at radius 1 is 1.24 bits per heavy atom. The number of rotatable bonds is 9. The van der Waals surface area contributed by atoms with Crippen molar-refractivity contribution in [2.24, 2.45) is 5.92 Å². The summed E-state index contributed by atoms with van der Waals surface area (Å²) in [5, 5.41) is 8.53. The first-order valence-electron chi connectivity index (χ1n) is 7.15. The first kappa shape index (κ1) is 17.3. The summed E-state index contributed by atoms with van der Waals surface area (Å²) in [7, 11) is 0. The van der Waals surface area contributed by atoms with Crippen molar-refractivity contribution in [1.29, 1.82) is 0 Å². The Hall–Kier alpha value is -1.75. The summed E-state index contributed by atoms with van der Waals surface area (Å²) in [5.74, 6) is 0.392. The summed E-state index contributed by atoms with van der Waals surface area (Å²) in [6, 6.07) is 6.64. The van der Waals surface area contributed by atoms with E-state index in [9.17, 15) is 4.79 Å². The van der Waals surface area contributed by atoms with Crippen molar-refractivity contribution in [3.63, 3.8) is 0 Å². The van der Waals surface area contributed by atoms with E-state index < -0.39 is 5.97 Å². The second-order valence-electron chi connectivity index (χ2n) is 5.61. The van der Waals surface area contributed by atoms with Gasteiger partial charge in [0.05, 0.1) is 0 Å². The molecule has 0 heterocycles. The van der Waals surface area contributed by atoms with Gasteiger partial charge in [0.2, 0.25) is 0 Å². The summed E-state index contributed by atoms with van der Waals surface area (Å²) in [4.78, 5) is 21.3. The molecule has 1 unspecified atom stereocenters. The minimum atomic E-state index is -1.01. The quantitative estimate of drug-likeness (QED) is 0.556. The Labute approximate surface area is 125 Å². The minimum absolute atomic E-state index is 0.363. The highest BCUT2D eigenvalue weighted by molar-refractivity contribution is 5.68. The number of benzene rings is 1. The lowest BCUT2D eigenvalue weighted by Gasteiger charge is -2.29. The highest BCUT2D eigenvalue weighted by atomic mass is 17.2. The third-order valence-corrected chi connectivity index (χ3v) is 3.45. The van der Waals surface area contributed by atoms with Crippen LogP contribution in [0.5, 0.6) is 11.5 Å². The van der Waals surface area contributed by atoms with Gasteiger partial charge in [-0.05, 0) is 50.5 Å². The van der Waals surface area contributed by atoms with Crippen LogP contribution in [0.3, 0.4) is 0 Å². The molecule has 5 nitrogen and oxygen atoms in total. The van der Waals surface area contributed by atoms with Crippen molar-refractivity contribution in [3.8, 4) is 11.5 Å². The average Bonchev–Trinajstić information content (AvgIpc) is 2.44. The monoisotopic (exact) mass is 296 g/mol. The van der Waals surface area contributed by atoms with Crippen molar-refractivity contribution in [1.82, 2.24) is 0 Å². The molecular weight excluding hydrogens is 272 g/mol. The Bertz CT molecular complexity index is 438. The summed E-state index contributed by atoms with van der Waals surface area (Å²) in [5.41, 5.74) is -0.380. The second-order valence-corrected chi connectivity index (χ2v) is 5.61. The zero-order chi connectivity index (χ0) is 15.9. The van der Waals surface area contributed by atoms with Gasteiger partial charge in [-0.2, -0.15) is 4.89 Å². The summed E-state index contributed by atoms with van der Waals surface area (Å²) >= 11 is 0. The second kappa shape index (κ2) is 7.88. The Kier molecular flexibility index (Phi) is 6.49. The van der Waals surface area contributed by atoms with Gasteiger partial charge in [-0.1, -0.05) is 20.3 Å². The molecule has 0 bridgehead atoms. The van der Waals surface area contributed by atoms with Crippen molar-refractivity contribution in [2.75, 3.05) is 6.61 Å². The number of hydrogen-bond donors (Lipinski definition) is 1. The maximum atomic E-state index is 10.4. The van der Waals surface area contributed by atoms with Gasteiger partial charge in [0.15, 0.2) is 12.4 Å². The van der Waals surface area contributed by atoms with Gasteiger partial charge in [-0.15, -0.1) is 0 Å². The van der Waals surface area contributed by atoms with E-state index in [0.29, 0.717) is 17.4 Å². The molecule has 0 aromatic heterocycles. The lowest BCUT2D eigenvalue weighted by Crippen LogP contribution is -2.34. The van der Waals surface area contributed by atoms with E-state index in [-0.39, 0.29) is 12.2 Å². The molecule has 0 radical (unpaired) electrons. The van der Waals surface area contributed by atoms with Crippen LogP contribution >= 0.6 is 0 Å². The molecular formula is C16H24O5. The standard InChI is InChI=1S/C16H24O5/c1-5-6-12(2)16(3,4)21-20-14-9-7-13(8-10-14)19-11-15(17)18/h7-10,12H,5-6,11H2,1-4H3,(H,17,18). The topological polar surface area (TPSA) is 65.0 Å². The van der Waals surface area contributed by atoms with Crippen LogP contribution < -0.4 is 9.62 Å². The lowest BCUT2D eigenvalue weighted by atomic mass is 9.89. The van der Waals surface area contributed by atoms with E-state index in [2.05, 4.69) is 13.8 Å². The van der Waals surface area contributed by atoms with E-state index in [0.717, 1.165) is 12.8 Å². The molecule has 0 aliphatic carbocycles. The van der Waals surface area contributed by atoms with E-state index in [1.54, 1.807) is 24.3 Å². The number of carboxylic acid groups (broad SMARTS) is 1. The van der Waals surface area contributed by atoms with Crippen LogP contribution in [0.1, 0.15) is 40.5 Å². The molecule has 0 fully saturated rings. The molecule has 5 heteroatoms. The van der Waals surface area contributed by atoms with Crippen molar-refractivity contribution in [3.05, 3.63) is 24.3 Å². The normalized spacial score (nSPS) is 12.8. The first-order chi connectivity index (χ1) is 9.85. The van der Waals surface area contributed by atoms with Gasteiger partial charge in [-0.3, -0.25) is 0 Å². The molecule has 1 aromatic carbocycles. The van der Waals surface area contributed by atoms with Gasteiger partial charge < -0.3 is 14.7 Å². The zero-order valence-corrected chi connectivity index (χ0v) is 13.1. The smallest absolute Gasteiger partial charge is 0.341 e. The predicted octanol–water partition coefficient (Wildman–Crippen LogP) is 3.68. The molecule has 1 atom stereocenters. The van der Waals surface area contributed by atoms with Crippen molar-refractivity contribution in [2.45, 2.75) is 46.1 Å². The van der Waals surface area contributed by atoms with Gasteiger partial charge in [-0.25, -0.2) is 4.79 Å². The molecule has 1 N–H and O–H groups in total. The molecule has 118 valence electrons. The maximum Gasteiger partial charge on any atom is 0.341 e. The molecule has 0 saturated heterocycles. The van der Waals surface area contributed by atoms with Crippen LogP contribution in [0.15, 0.2) is 24.3 Å². The van der Waals surface area contributed by atoms with Crippen molar-refractivity contribution < 1.29 is 24.4 Å². The molecule has 21 heavy (non-hydrogen) atoms. The zero-order valence-electron chi connectivity index (χ0n) is 13.1. The lowest BCUT2D eigenvalue weighted by molar-refractivity contribution is -0.295. The third-order valence-electron chi connectivity index (χ3n) is 3.45. The van der Waals surface area contributed by atoms with Crippen LogP contribution in [0.2, 0.25) is 0 Å².